The minimum atomic E-state index is -0.259. The Labute approximate surface area is 149 Å². The predicted octanol–water partition coefficient (Wildman–Crippen LogP) is 2.56. The Kier molecular flexibility index (Phi) is 7.13. The van der Waals surface area contributed by atoms with Gasteiger partial charge in [-0.2, -0.15) is 4.52 Å². The zero-order valence-electron chi connectivity index (χ0n) is 16.0. The summed E-state index contributed by atoms with van der Waals surface area (Å²) in [6, 6.07) is 0. The van der Waals surface area contributed by atoms with Gasteiger partial charge in [0.15, 0.2) is 11.5 Å². The summed E-state index contributed by atoms with van der Waals surface area (Å²) in [5, 5.41) is 26.1. The van der Waals surface area contributed by atoms with Crippen LogP contribution in [0.4, 0.5) is 0 Å². The van der Waals surface area contributed by atoms with Crippen LogP contribution in [0.15, 0.2) is 0 Å². The van der Waals surface area contributed by atoms with Gasteiger partial charge in [0.1, 0.15) is 0 Å². The monoisotopic (exact) mass is 349 g/mol. The SMILES string of the molecule is CCC(O)CCNCc1nnc2c(C)c(C)c(OC(CC)CC)nn12. The fourth-order valence-corrected chi connectivity index (χ4v) is 2.65. The lowest BCUT2D eigenvalue weighted by molar-refractivity contribution is 0.159. The Bertz CT molecular complexity index is 682. The van der Waals surface area contributed by atoms with Crippen LogP contribution in [0.1, 0.15) is 63.4 Å². The van der Waals surface area contributed by atoms with Gasteiger partial charge in [-0.1, -0.05) is 20.8 Å². The lowest BCUT2D eigenvalue weighted by Crippen LogP contribution is -2.22. The van der Waals surface area contributed by atoms with Gasteiger partial charge in [0.05, 0.1) is 18.8 Å². The Morgan fingerprint density at radius 3 is 2.44 bits per heavy atom. The van der Waals surface area contributed by atoms with Crippen molar-refractivity contribution in [1.29, 1.82) is 0 Å². The maximum Gasteiger partial charge on any atom is 0.235 e. The Morgan fingerprint density at radius 1 is 1.08 bits per heavy atom. The molecule has 0 aromatic carbocycles. The summed E-state index contributed by atoms with van der Waals surface area (Å²) < 4.78 is 7.85. The molecule has 2 heterocycles. The molecule has 2 aromatic rings. The smallest absolute Gasteiger partial charge is 0.235 e. The number of aromatic nitrogens is 4. The van der Waals surface area contributed by atoms with Crippen molar-refractivity contribution >= 4 is 5.65 Å². The first-order chi connectivity index (χ1) is 12.0. The number of aliphatic hydroxyl groups excluding tert-OH is 1. The lowest BCUT2D eigenvalue weighted by atomic mass is 10.2. The highest BCUT2D eigenvalue weighted by Crippen LogP contribution is 2.23. The number of rotatable bonds is 10. The van der Waals surface area contributed by atoms with Crippen molar-refractivity contribution in [2.45, 2.75) is 79.1 Å². The third kappa shape index (κ3) is 4.67. The van der Waals surface area contributed by atoms with Gasteiger partial charge in [-0.3, -0.25) is 0 Å². The second kappa shape index (κ2) is 9.10. The summed E-state index contributed by atoms with van der Waals surface area (Å²) in [4.78, 5) is 0. The second-order valence-corrected chi connectivity index (χ2v) is 6.49. The van der Waals surface area contributed by atoms with Gasteiger partial charge in [0, 0.05) is 11.1 Å². The molecule has 0 aliphatic rings. The highest BCUT2D eigenvalue weighted by Gasteiger charge is 2.17. The van der Waals surface area contributed by atoms with Crippen LogP contribution in [-0.2, 0) is 6.54 Å². The minimum absolute atomic E-state index is 0.164. The zero-order valence-corrected chi connectivity index (χ0v) is 16.0. The van der Waals surface area contributed by atoms with Gasteiger partial charge >= 0.3 is 0 Å². The molecule has 0 saturated carbocycles. The number of aryl methyl sites for hydroxylation is 1. The van der Waals surface area contributed by atoms with E-state index in [1.54, 1.807) is 4.52 Å². The van der Waals surface area contributed by atoms with Crippen molar-refractivity contribution in [2.24, 2.45) is 0 Å². The molecule has 0 bridgehead atoms. The van der Waals surface area contributed by atoms with Crippen LogP contribution in [-0.4, -0.2) is 43.7 Å². The van der Waals surface area contributed by atoms with Gasteiger partial charge in [-0.05, 0) is 46.1 Å². The summed E-state index contributed by atoms with van der Waals surface area (Å²) in [6.07, 6.45) is 3.30. The second-order valence-electron chi connectivity index (χ2n) is 6.49. The average molecular weight is 349 g/mol. The number of nitrogens with zero attached hydrogens (tertiary/aromatic N) is 4. The van der Waals surface area contributed by atoms with Crippen molar-refractivity contribution in [1.82, 2.24) is 25.1 Å². The highest BCUT2D eigenvalue weighted by atomic mass is 16.5. The molecule has 25 heavy (non-hydrogen) atoms. The molecule has 140 valence electrons. The Balaban J connectivity index is 2.18. The fourth-order valence-electron chi connectivity index (χ4n) is 2.65. The van der Waals surface area contributed by atoms with Crippen LogP contribution in [0.2, 0.25) is 0 Å². The molecule has 2 rings (SSSR count). The van der Waals surface area contributed by atoms with E-state index in [2.05, 4.69) is 34.5 Å². The summed E-state index contributed by atoms with van der Waals surface area (Å²) >= 11 is 0. The molecule has 2 aromatic heterocycles. The lowest BCUT2D eigenvalue weighted by Gasteiger charge is -2.17. The van der Waals surface area contributed by atoms with Crippen molar-refractivity contribution in [2.75, 3.05) is 6.54 Å². The molecule has 0 aliphatic heterocycles. The maximum absolute atomic E-state index is 9.62. The van der Waals surface area contributed by atoms with Crippen molar-refractivity contribution in [3.8, 4) is 5.88 Å². The van der Waals surface area contributed by atoms with E-state index in [4.69, 9.17) is 4.74 Å². The number of fused-ring (bicyclic) bond motifs is 1. The van der Waals surface area contributed by atoms with Crippen LogP contribution >= 0.6 is 0 Å². The quantitative estimate of drug-likeness (QED) is 0.641. The molecule has 0 spiro atoms. The zero-order chi connectivity index (χ0) is 18.4. The van der Waals surface area contributed by atoms with E-state index in [-0.39, 0.29) is 12.2 Å². The first-order valence-corrected chi connectivity index (χ1v) is 9.28. The van der Waals surface area contributed by atoms with E-state index in [9.17, 15) is 5.11 Å². The van der Waals surface area contributed by atoms with Gasteiger partial charge in [0.25, 0.3) is 0 Å². The summed E-state index contributed by atoms with van der Waals surface area (Å²) in [5.74, 6) is 1.40. The first kappa shape index (κ1) is 19.6. The molecule has 0 radical (unpaired) electrons. The van der Waals surface area contributed by atoms with Gasteiger partial charge in [-0.25, -0.2) is 0 Å². The largest absolute Gasteiger partial charge is 0.473 e. The molecule has 2 N–H and O–H groups in total. The number of hydrogen-bond donors (Lipinski definition) is 2. The Hall–Kier alpha value is -1.73. The van der Waals surface area contributed by atoms with Gasteiger partial charge in [0.2, 0.25) is 5.88 Å². The first-order valence-electron chi connectivity index (χ1n) is 9.28. The van der Waals surface area contributed by atoms with E-state index in [1.807, 2.05) is 20.8 Å². The fraction of sp³-hybridized carbons (Fsp3) is 0.722. The Morgan fingerprint density at radius 2 is 1.80 bits per heavy atom. The predicted molar refractivity (Wildman–Crippen MR) is 97.9 cm³/mol. The van der Waals surface area contributed by atoms with E-state index in [0.29, 0.717) is 12.4 Å². The summed E-state index contributed by atoms with van der Waals surface area (Å²) in [6.45, 7) is 11.5. The van der Waals surface area contributed by atoms with E-state index in [1.165, 1.54) is 0 Å². The number of ether oxygens (including phenoxy) is 1. The van der Waals surface area contributed by atoms with Crippen molar-refractivity contribution in [3.63, 3.8) is 0 Å². The van der Waals surface area contributed by atoms with E-state index >= 15 is 0 Å². The average Bonchev–Trinajstić information content (AvgIpc) is 3.03. The summed E-state index contributed by atoms with van der Waals surface area (Å²) in [7, 11) is 0. The minimum Gasteiger partial charge on any atom is -0.473 e. The molecule has 1 atom stereocenters. The van der Waals surface area contributed by atoms with Crippen LogP contribution < -0.4 is 10.1 Å². The molecule has 0 saturated heterocycles. The molecule has 0 amide bonds. The maximum atomic E-state index is 9.62. The molecule has 0 aliphatic carbocycles. The van der Waals surface area contributed by atoms with Crippen molar-refractivity contribution < 1.29 is 9.84 Å². The normalized spacial score (nSPS) is 12.9. The molecular weight excluding hydrogens is 318 g/mol. The molecular formula is C18H31N5O2. The summed E-state index contributed by atoms with van der Waals surface area (Å²) in [5.41, 5.74) is 2.81. The third-order valence-electron chi connectivity index (χ3n) is 4.71. The molecule has 1 unspecified atom stereocenters. The van der Waals surface area contributed by atoms with Crippen LogP contribution in [0, 0.1) is 13.8 Å². The highest BCUT2D eigenvalue weighted by molar-refractivity contribution is 5.52. The third-order valence-corrected chi connectivity index (χ3v) is 4.71. The molecule has 7 nitrogen and oxygen atoms in total. The van der Waals surface area contributed by atoms with Crippen LogP contribution in [0.3, 0.4) is 0 Å². The van der Waals surface area contributed by atoms with Crippen molar-refractivity contribution in [3.05, 3.63) is 17.0 Å². The van der Waals surface area contributed by atoms with Crippen LogP contribution in [0.5, 0.6) is 5.88 Å². The molecule has 7 heteroatoms. The van der Waals surface area contributed by atoms with Gasteiger partial charge in [-0.15, -0.1) is 15.3 Å². The molecule has 0 fully saturated rings. The number of hydrogen-bond acceptors (Lipinski definition) is 6. The number of aliphatic hydroxyl groups is 1. The topological polar surface area (TPSA) is 84.6 Å². The number of nitrogens with one attached hydrogen (secondary N) is 1. The van der Waals surface area contributed by atoms with E-state index < -0.39 is 0 Å². The van der Waals surface area contributed by atoms with Gasteiger partial charge < -0.3 is 15.2 Å². The van der Waals surface area contributed by atoms with E-state index in [0.717, 1.165) is 54.8 Å². The standard InChI is InChI=1S/C18H31N5O2/c1-6-14(24)9-10-19-11-16-20-21-17-12(4)13(5)18(22-23(16)17)25-15(7-2)8-3/h14-15,19,24H,6-11H2,1-5H3. The van der Waals surface area contributed by atoms with Crippen LogP contribution in [0.25, 0.3) is 5.65 Å².